The zero-order chi connectivity index (χ0) is 25.2. The first-order valence-corrected chi connectivity index (χ1v) is 13.5. The van der Waals surface area contributed by atoms with Gasteiger partial charge >= 0.3 is 0 Å². The average Bonchev–Trinajstić information content (AvgIpc) is 3.43. The van der Waals surface area contributed by atoms with Gasteiger partial charge in [-0.05, 0) is 87.5 Å². The van der Waals surface area contributed by atoms with Crippen molar-refractivity contribution in [3.05, 3.63) is 70.6 Å². The Morgan fingerprint density at radius 1 is 1.14 bits per heavy atom. The van der Waals surface area contributed by atoms with Crippen molar-refractivity contribution < 1.29 is 0 Å². The van der Waals surface area contributed by atoms with Crippen LogP contribution in [0.1, 0.15) is 63.9 Å². The van der Waals surface area contributed by atoms with E-state index in [1.165, 1.54) is 48.9 Å². The Bertz CT molecular complexity index is 1430. The van der Waals surface area contributed by atoms with E-state index in [4.69, 9.17) is 21.6 Å². The first kappa shape index (κ1) is 24.8. The van der Waals surface area contributed by atoms with Crippen molar-refractivity contribution in [1.29, 1.82) is 0 Å². The molecule has 0 saturated carbocycles. The molecule has 0 amide bonds. The number of aromatic nitrogens is 3. The van der Waals surface area contributed by atoms with Crippen LogP contribution in [0.25, 0.3) is 27.6 Å². The van der Waals surface area contributed by atoms with Crippen LogP contribution >= 0.6 is 11.6 Å². The van der Waals surface area contributed by atoms with Gasteiger partial charge in [-0.3, -0.25) is 4.90 Å². The molecule has 0 bridgehead atoms. The number of piperidine rings is 1. The lowest BCUT2D eigenvalue weighted by atomic mass is 10.0. The third-order valence-corrected chi connectivity index (χ3v) is 7.26. The van der Waals surface area contributed by atoms with Crippen LogP contribution in [0.3, 0.4) is 0 Å². The second-order valence-corrected chi connectivity index (χ2v) is 10.8. The largest absolute Gasteiger partial charge is 0.337 e. The molecule has 5 nitrogen and oxygen atoms in total. The summed E-state index contributed by atoms with van der Waals surface area (Å²) in [5.74, 6) is 2.24. The van der Waals surface area contributed by atoms with Gasteiger partial charge in [-0.1, -0.05) is 50.1 Å². The molecule has 5 rings (SSSR count). The molecule has 1 fully saturated rings. The number of benzene rings is 2. The van der Waals surface area contributed by atoms with Gasteiger partial charge in [-0.15, -0.1) is 0 Å². The first-order valence-electron chi connectivity index (χ1n) is 13.1. The number of rotatable bonds is 6. The van der Waals surface area contributed by atoms with E-state index in [2.05, 4.69) is 58.8 Å². The van der Waals surface area contributed by atoms with Gasteiger partial charge in [0.15, 0.2) is 5.82 Å². The molecule has 0 radical (unpaired) electrons. The van der Waals surface area contributed by atoms with Gasteiger partial charge in [0.2, 0.25) is 0 Å². The average molecular weight is 502 g/mol. The molecule has 0 spiro atoms. The molecule has 1 aliphatic heterocycles. The highest BCUT2D eigenvalue weighted by molar-refractivity contribution is 6.31. The van der Waals surface area contributed by atoms with Crippen molar-refractivity contribution in [3.8, 4) is 0 Å². The molecule has 4 aromatic rings. The minimum atomic E-state index is 0.568. The molecule has 1 aliphatic rings. The fourth-order valence-corrected chi connectivity index (χ4v) is 5.44. The third kappa shape index (κ3) is 5.28. The summed E-state index contributed by atoms with van der Waals surface area (Å²) >= 11 is 6.38. The molecule has 1 N–H and O–H groups in total. The van der Waals surface area contributed by atoms with E-state index < -0.39 is 0 Å². The monoisotopic (exact) mass is 501 g/mol. The number of H-pyrrole nitrogens is 1. The lowest BCUT2D eigenvalue weighted by molar-refractivity contribution is 0.221. The summed E-state index contributed by atoms with van der Waals surface area (Å²) in [4.78, 5) is 16.0. The number of hydrogen-bond acceptors (Lipinski definition) is 3. The van der Waals surface area contributed by atoms with E-state index in [0.717, 1.165) is 51.9 Å². The summed E-state index contributed by atoms with van der Waals surface area (Å²) in [6.07, 6.45) is 9.21. The number of allylic oxidation sites excluding steroid dienone is 1. The molecular weight excluding hydrogens is 466 g/mol. The van der Waals surface area contributed by atoms with Crippen LogP contribution in [0, 0.1) is 5.92 Å². The molecular formula is C30H36ClN5. The highest BCUT2D eigenvalue weighted by Crippen LogP contribution is 2.28. The number of halogens is 1. The molecule has 0 aliphatic carbocycles. The predicted molar refractivity (Wildman–Crippen MR) is 153 cm³/mol. The van der Waals surface area contributed by atoms with Crippen LogP contribution in [0.5, 0.6) is 0 Å². The van der Waals surface area contributed by atoms with Crippen LogP contribution in [0.4, 0.5) is 0 Å². The lowest BCUT2D eigenvalue weighted by Crippen LogP contribution is -2.29. The van der Waals surface area contributed by atoms with Gasteiger partial charge in [-0.25, -0.2) is 9.98 Å². The smallest absolute Gasteiger partial charge is 0.156 e. The van der Waals surface area contributed by atoms with Crippen molar-refractivity contribution in [3.63, 3.8) is 0 Å². The fourth-order valence-electron chi connectivity index (χ4n) is 5.28. The summed E-state index contributed by atoms with van der Waals surface area (Å²) in [5.41, 5.74) is 6.59. The van der Waals surface area contributed by atoms with Crippen molar-refractivity contribution in [2.24, 2.45) is 10.9 Å². The number of fused-ring (bicyclic) bond motifs is 2. The normalized spacial score (nSPS) is 16.1. The number of likely N-dealkylation sites (tertiary alicyclic amines) is 1. The lowest BCUT2D eigenvalue weighted by Gasteiger charge is -2.26. The molecule has 2 aromatic carbocycles. The predicted octanol–water partition coefficient (Wildman–Crippen LogP) is 7.68. The molecule has 6 heteroatoms. The Kier molecular flexibility index (Phi) is 7.31. The Morgan fingerprint density at radius 2 is 1.94 bits per heavy atom. The van der Waals surface area contributed by atoms with Crippen LogP contribution < -0.4 is 0 Å². The van der Waals surface area contributed by atoms with E-state index in [-0.39, 0.29) is 0 Å². The van der Waals surface area contributed by atoms with Crippen LogP contribution in [-0.2, 0) is 13.0 Å². The summed E-state index contributed by atoms with van der Waals surface area (Å²) in [5, 5.41) is 1.96. The quantitative estimate of drug-likeness (QED) is 0.217. The van der Waals surface area contributed by atoms with Crippen molar-refractivity contribution in [1.82, 2.24) is 19.4 Å². The van der Waals surface area contributed by atoms with Crippen LogP contribution in [0.2, 0.25) is 5.02 Å². The second-order valence-electron chi connectivity index (χ2n) is 10.4. The minimum absolute atomic E-state index is 0.568. The fraction of sp³-hybridized carbons (Fsp3) is 0.400. The maximum atomic E-state index is 6.38. The standard InChI is InChI=1S/C30H36ClN5/c1-5-26(30-33-27-12-9-22(16-28(27)34-30)18-35-13-7-6-8-14-35)32-21(4)36-19-23(15-20(2)3)25-11-10-24(31)17-29(25)36/h5,9-12,16-17,19-20H,6-8,13-15,18H2,1-4H3,(H,33,34)/b26-5-,32-21?. The third-order valence-electron chi connectivity index (χ3n) is 7.03. The number of nitrogens with zero attached hydrogens (tertiary/aromatic N) is 4. The summed E-state index contributed by atoms with van der Waals surface area (Å²) in [7, 11) is 0. The van der Waals surface area contributed by atoms with E-state index in [1.54, 1.807) is 0 Å². The van der Waals surface area contributed by atoms with Gasteiger partial charge < -0.3 is 9.55 Å². The SMILES string of the molecule is C/C=C(\N=C(C)n1cc(CC(C)C)c2ccc(Cl)cc21)c1nc2ccc(CN3CCCCC3)cc2[nH]1. The van der Waals surface area contributed by atoms with E-state index in [0.29, 0.717) is 5.92 Å². The van der Waals surface area contributed by atoms with Crippen LogP contribution in [0.15, 0.2) is 53.7 Å². The van der Waals surface area contributed by atoms with Gasteiger partial charge in [-0.2, -0.15) is 0 Å². The second kappa shape index (κ2) is 10.6. The summed E-state index contributed by atoms with van der Waals surface area (Å²) in [6, 6.07) is 12.7. The molecule has 0 atom stereocenters. The maximum Gasteiger partial charge on any atom is 0.156 e. The van der Waals surface area contributed by atoms with Crippen molar-refractivity contribution in [2.75, 3.05) is 13.1 Å². The maximum absolute atomic E-state index is 6.38. The highest BCUT2D eigenvalue weighted by atomic mass is 35.5. The van der Waals surface area contributed by atoms with Gasteiger partial charge in [0, 0.05) is 23.2 Å². The number of aromatic amines is 1. The van der Waals surface area contributed by atoms with E-state index >= 15 is 0 Å². The molecule has 0 unspecified atom stereocenters. The molecule has 188 valence electrons. The Morgan fingerprint density at radius 3 is 2.69 bits per heavy atom. The number of nitrogens with one attached hydrogen (secondary N) is 1. The van der Waals surface area contributed by atoms with Gasteiger partial charge in [0.05, 0.1) is 16.6 Å². The van der Waals surface area contributed by atoms with Crippen molar-refractivity contribution in [2.45, 2.75) is 59.9 Å². The molecule has 36 heavy (non-hydrogen) atoms. The molecule has 2 aromatic heterocycles. The topological polar surface area (TPSA) is 49.2 Å². The number of hydrogen-bond donors (Lipinski definition) is 1. The molecule has 1 saturated heterocycles. The Balaban J connectivity index is 1.45. The zero-order valence-electron chi connectivity index (χ0n) is 21.8. The van der Waals surface area contributed by atoms with Gasteiger partial charge in [0.25, 0.3) is 0 Å². The van der Waals surface area contributed by atoms with E-state index in [9.17, 15) is 0 Å². The van der Waals surface area contributed by atoms with Gasteiger partial charge in [0.1, 0.15) is 11.5 Å². The molecule has 3 heterocycles. The zero-order valence-corrected chi connectivity index (χ0v) is 22.6. The number of aliphatic imine (C=N–C) groups is 1. The summed E-state index contributed by atoms with van der Waals surface area (Å²) in [6.45, 7) is 11.9. The Hall–Kier alpha value is -2.89. The van der Waals surface area contributed by atoms with Crippen molar-refractivity contribution >= 4 is 45.1 Å². The highest BCUT2D eigenvalue weighted by Gasteiger charge is 2.15. The first-order chi connectivity index (χ1) is 17.4. The summed E-state index contributed by atoms with van der Waals surface area (Å²) < 4.78 is 2.15. The number of imidazole rings is 1. The minimum Gasteiger partial charge on any atom is -0.337 e. The van der Waals surface area contributed by atoms with E-state index in [1.807, 2.05) is 32.1 Å². The Labute approximate surface area is 218 Å². The van der Waals surface area contributed by atoms with Crippen LogP contribution in [-0.4, -0.2) is 38.4 Å².